The minimum absolute atomic E-state index is 0.306. The van der Waals surface area contributed by atoms with Crippen LogP contribution in [0.5, 0.6) is 5.75 Å². The van der Waals surface area contributed by atoms with Crippen LogP contribution >= 0.6 is 0 Å². The number of amides is 2. The number of hydrogen-bond acceptors (Lipinski definition) is 4. The standard InChI is InChI=1S/C29H28N2O3/c1-19(2)20-14-16-22(17-15-20)31-28(32)26(23-11-5-7-13-25(23)34-3)27(29(31)33)30-18-8-10-21-9-4-6-12-24(21)30/h4-7,9,11-17,19H,8,10,18H2,1-3H3. The second kappa shape index (κ2) is 8.82. The molecule has 0 radical (unpaired) electrons. The topological polar surface area (TPSA) is 49.9 Å². The van der Waals surface area contributed by atoms with E-state index in [1.807, 2.05) is 71.6 Å². The van der Waals surface area contributed by atoms with Crippen molar-refractivity contribution in [3.8, 4) is 5.75 Å². The normalized spacial score (nSPS) is 15.9. The molecule has 0 fully saturated rings. The van der Waals surface area contributed by atoms with E-state index in [-0.39, 0.29) is 11.8 Å². The zero-order valence-electron chi connectivity index (χ0n) is 19.7. The summed E-state index contributed by atoms with van der Waals surface area (Å²) < 4.78 is 5.59. The van der Waals surface area contributed by atoms with Crippen molar-refractivity contribution in [3.63, 3.8) is 0 Å². The first-order valence-electron chi connectivity index (χ1n) is 11.7. The van der Waals surface area contributed by atoms with Gasteiger partial charge in [0.25, 0.3) is 11.8 Å². The Kier molecular flexibility index (Phi) is 5.70. The molecule has 0 atom stereocenters. The number of rotatable bonds is 5. The molecule has 2 aliphatic heterocycles. The SMILES string of the molecule is COc1ccccc1C1=C(N2CCCc3ccccc32)C(=O)N(c2ccc(C(C)C)cc2)C1=O. The molecule has 0 bridgehead atoms. The molecule has 0 spiro atoms. The third kappa shape index (κ3) is 3.58. The van der Waals surface area contributed by atoms with Crippen LogP contribution in [0.1, 0.15) is 42.9 Å². The lowest BCUT2D eigenvalue weighted by Gasteiger charge is -2.32. The van der Waals surface area contributed by atoms with Crippen LogP contribution < -0.4 is 14.5 Å². The number of ether oxygens (including phenoxy) is 1. The highest BCUT2D eigenvalue weighted by atomic mass is 16.5. The fourth-order valence-electron chi connectivity index (χ4n) is 4.87. The van der Waals surface area contributed by atoms with Crippen molar-refractivity contribution < 1.29 is 14.3 Å². The zero-order chi connectivity index (χ0) is 23.8. The summed E-state index contributed by atoms with van der Waals surface area (Å²) in [7, 11) is 1.58. The molecule has 0 unspecified atom stereocenters. The minimum Gasteiger partial charge on any atom is -0.496 e. The Hall–Kier alpha value is -3.86. The zero-order valence-corrected chi connectivity index (χ0v) is 19.7. The van der Waals surface area contributed by atoms with Crippen molar-refractivity contribution in [2.75, 3.05) is 23.5 Å². The van der Waals surface area contributed by atoms with Gasteiger partial charge in [0.1, 0.15) is 11.4 Å². The Morgan fingerprint density at radius 3 is 2.29 bits per heavy atom. The van der Waals surface area contributed by atoms with E-state index in [1.165, 1.54) is 10.5 Å². The third-order valence-corrected chi connectivity index (χ3v) is 6.63. The molecule has 2 aliphatic rings. The Bertz CT molecular complexity index is 1290. The lowest BCUT2D eigenvalue weighted by Crippen LogP contribution is -2.37. The van der Waals surface area contributed by atoms with E-state index in [0.717, 1.165) is 24.1 Å². The molecule has 5 rings (SSSR count). The molecule has 2 heterocycles. The van der Waals surface area contributed by atoms with Gasteiger partial charge in [-0.1, -0.05) is 62.4 Å². The lowest BCUT2D eigenvalue weighted by atomic mass is 9.98. The fourth-order valence-corrected chi connectivity index (χ4v) is 4.87. The summed E-state index contributed by atoms with van der Waals surface area (Å²) in [5.74, 6) is 0.296. The maximum Gasteiger partial charge on any atom is 0.282 e. The van der Waals surface area contributed by atoms with E-state index in [0.29, 0.717) is 40.7 Å². The first kappa shape index (κ1) is 22.0. The molecular weight excluding hydrogens is 424 g/mol. The highest BCUT2D eigenvalue weighted by molar-refractivity contribution is 6.46. The molecule has 2 amide bonds. The predicted octanol–water partition coefficient (Wildman–Crippen LogP) is 5.56. The number of carbonyl (C=O) groups excluding carboxylic acids is 2. The summed E-state index contributed by atoms with van der Waals surface area (Å²) in [6, 6.07) is 23.2. The van der Waals surface area contributed by atoms with Crippen molar-refractivity contribution in [1.82, 2.24) is 0 Å². The summed E-state index contributed by atoms with van der Waals surface area (Å²) in [4.78, 5) is 31.2. The molecule has 172 valence electrons. The van der Waals surface area contributed by atoms with Gasteiger partial charge in [-0.25, -0.2) is 4.90 Å². The third-order valence-electron chi connectivity index (χ3n) is 6.63. The number of fused-ring (bicyclic) bond motifs is 1. The van der Waals surface area contributed by atoms with E-state index < -0.39 is 0 Å². The van der Waals surface area contributed by atoms with Crippen LogP contribution in [-0.2, 0) is 16.0 Å². The van der Waals surface area contributed by atoms with Gasteiger partial charge < -0.3 is 9.64 Å². The molecule has 5 nitrogen and oxygen atoms in total. The number of para-hydroxylation sites is 2. The molecule has 3 aromatic rings. The minimum atomic E-state index is -0.329. The second-order valence-corrected chi connectivity index (χ2v) is 9.00. The van der Waals surface area contributed by atoms with Crippen molar-refractivity contribution in [2.24, 2.45) is 0 Å². The van der Waals surface area contributed by atoms with Crippen LogP contribution in [0.3, 0.4) is 0 Å². The number of benzene rings is 3. The largest absolute Gasteiger partial charge is 0.496 e. The number of nitrogens with zero attached hydrogens (tertiary/aromatic N) is 2. The molecule has 5 heteroatoms. The molecule has 0 saturated carbocycles. The number of imide groups is 1. The van der Waals surface area contributed by atoms with Crippen molar-refractivity contribution in [2.45, 2.75) is 32.6 Å². The van der Waals surface area contributed by atoms with Crippen LogP contribution in [0.15, 0.2) is 78.5 Å². The monoisotopic (exact) mass is 452 g/mol. The number of aryl methyl sites for hydroxylation is 1. The van der Waals surface area contributed by atoms with Crippen molar-refractivity contribution in [1.29, 1.82) is 0 Å². The summed E-state index contributed by atoms with van der Waals surface area (Å²) >= 11 is 0. The van der Waals surface area contributed by atoms with Gasteiger partial charge in [0.15, 0.2) is 0 Å². The number of hydrogen-bond donors (Lipinski definition) is 0. The van der Waals surface area contributed by atoms with Crippen LogP contribution in [0.25, 0.3) is 5.57 Å². The summed E-state index contributed by atoms with van der Waals surface area (Å²) in [5.41, 5.74) is 5.32. The Morgan fingerprint density at radius 1 is 0.853 bits per heavy atom. The van der Waals surface area contributed by atoms with Crippen LogP contribution in [0, 0.1) is 0 Å². The van der Waals surface area contributed by atoms with E-state index in [9.17, 15) is 9.59 Å². The van der Waals surface area contributed by atoms with Crippen LogP contribution in [0.2, 0.25) is 0 Å². The average Bonchev–Trinajstić information content (AvgIpc) is 3.13. The van der Waals surface area contributed by atoms with Gasteiger partial charge in [-0.3, -0.25) is 9.59 Å². The number of carbonyl (C=O) groups is 2. The lowest BCUT2D eigenvalue weighted by molar-refractivity contribution is -0.120. The van der Waals surface area contributed by atoms with E-state index in [2.05, 4.69) is 19.9 Å². The maximum atomic E-state index is 14.0. The van der Waals surface area contributed by atoms with Gasteiger partial charge in [-0.2, -0.15) is 0 Å². The second-order valence-electron chi connectivity index (χ2n) is 9.00. The van der Waals surface area contributed by atoms with Gasteiger partial charge in [-0.05, 0) is 54.2 Å². The first-order chi connectivity index (χ1) is 16.5. The molecule has 3 aromatic carbocycles. The van der Waals surface area contributed by atoms with Gasteiger partial charge >= 0.3 is 0 Å². The van der Waals surface area contributed by atoms with E-state index >= 15 is 0 Å². The Balaban J connectivity index is 1.68. The van der Waals surface area contributed by atoms with E-state index in [4.69, 9.17) is 4.74 Å². The van der Waals surface area contributed by atoms with Gasteiger partial charge in [0.2, 0.25) is 0 Å². The molecular formula is C29H28N2O3. The van der Waals surface area contributed by atoms with Crippen LogP contribution in [0.4, 0.5) is 11.4 Å². The van der Waals surface area contributed by atoms with Crippen molar-refractivity contribution in [3.05, 3.63) is 95.2 Å². The molecule has 0 saturated heterocycles. The summed E-state index contributed by atoms with van der Waals surface area (Å²) in [5, 5.41) is 0. The van der Waals surface area contributed by atoms with Crippen LogP contribution in [-0.4, -0.2) is 25.5 Å². The smallest absolute Gasteiger partial charge is 0.282 e. The highest BCUT2D eigenvalue weighted by Crippen LogP contribution is 2.41. The quantitative estimate of drug-likeness (QED) is 0.476. The Morgan fingerprint density at radius 2 is 1.56 bits per heavy atom. The summed E-state index contributed by atoms with van der Waals surface area (Å²) in [6.45, 7) is 4.91. The van der Waals surface area contributed by atoms with Gasteiger partial charge in [-0.15, -0.1) is 0 Å². The fraction of sp³-hybridized carbons (Fsp3) is 0.241. The summed E-state index contributed by atoms with van der Waals surface area (Å²) in [6.07, 6.45) is 1.86. The first-order valence-corrected chi connectivity index (χ1v) is 11.7. The molecule has 34 heavy (non-hydrogen) atoms. The maximum absolute atomic E-state index is 14.0. The highest BCUT2D eigenvalue weighted by Gasteiger charge is 2.44. The number of anilines is 2. The predicted molar refractivity (Wildman–Crippen MR) is 135 cm³/mol. The van der Waals surface area contributed by atoms with E-state index in [1.54, 1.807) is 7.11 Å². The Labute approximate surface area is 200 Å². The average molecular weight is 453 g/mol. The molecule has 0 aromatic heterocycles. The van der Waals surface area contributed by atoms with Gasteiger partial charge in [0.05, 0.1) is 18.4 Å². The molecule has 0 aliphatic carbocycles. The molecule has 0 N–H and O–H groups in total. The van der Waals surface area contributed by atoms with Crippen molar-refractivity contribution >= 4 is 28.8 Å². The number of methoxy groups -OCH3 is 1. The van der Waals surface area contributed by atoms with Gasteiger partial charge in [0, 0.05) is 17.8 Å².